The van der Waals surface area contributed by atoms with Gasteiger partial charge in [-0.2, -0.15) is 10.4 Å². The third kappa shape index (κ3) is 3.78. The van der Waals surface area contributed by atoms with Crippen LogP contribution in [0.4, 0.5) is 0 Å². The summed E-state index contributed by atoms with van der Waals surface area (Å²) in [4.78, 5) is 4.69. The maximum atomic E-state index is 8.85. The second-order valence-corrected chi connectivity index (χ2v) is 6.23. The molecule has 2 aromatic carbocycles. The van der Waals surface area contributed by atoms with E-state index in [9.17, 15) is 0 Å². The lowest BCUT2D eigenvalue weighted by Crippen LogP contribution is -1.97. The zero-order valence-electron chi connectivity index (χ0n) is 14.8. The van der Waals surface area contributed by atoms with Gasteiger partial charge in [0.2, 0.25) is 0 Å². The number of nitrogens with zero attached hydrogens (tertiary/aromatic N) is 4. The second kappa shape index (κ2) is 7.67. The number of nitriles is 1. The predicted molar refractivity (Wildman–Crippen MR) is 109 cm³/mol. The van der Waals surface area contributed by atoms with Gasteiger partial charge in [-0.1, -0.05) is 54.6 Å². The first-order valence-corrected chi connectivity index (χ1v) is 8.87. The molecule has 0 aliphatic heterocycles. The van der Waals surface area contributed by atoms with Gasteiger partial charge in [0, 0.05) is 22.7 Å². The fourth-order valence-corrected chi connectivity index (χ4v) is 3.01. The molecule has 0 saturated heterocycles. The summed E-state index contributed by atoms with van der Waals surface area (Å²) in [6.45, 7) is 0.582. The van der Waals surface area contributed by atoms with Crippen LogP contribution in [0.15, 0.2) is 72.9 Å². The molecule has 4 aromatic rings. The molecule has 0 bridgehead atoms. The van der Waals surface area contributed by atoms with Crippen molar-refractivity contribution in [2.24, 2.45) is 0 Å². The summed E-state index contributed by atoms with van der Waals surface area (Å²) in [6.07, 6.45) is 6.46. The molecule has 0 fully saturated rings. The van der Waals surface area contributed by atoms with Crippen LogP contribution < -0.4 is 0 Å². The van der Waals surface area contributed by atoms with E-state index in [1.165, 1.54) is 0 Å². The van der Waals surface area contributed by atoms with Gasteiger partial charge in [0.25, 0.3) is 0 Å². The highest BCUT2D eigenvalue weighted by Gasteiger charge is 2.09. The van der Waals surface area contributed by atoms with E-state index >= 15 is 0 Å². The molecule has 4 heteroatoms. The van der Waals surface area contributed by atoms with E-state index < -0.39 is 0 Å². The van der Waals surface area contributed by atoms with E-state index in [-0.39, 0.29) is 0 Å². The van der Waals surface area contributed by atoms with Gasteiger partial charge in [0.05, 0.1) is 35.9 Å². The van der Waals surface area contributed by atoms with Crippen molar-refractivity contribution in [3.05, 3.63) is 84.2 Å². The molecule has 0 amide bonds. The van der Waals surface area contributed by atoms with Gasteiger partial charge in [-0.25, -0.2) is 4.98 Å². The fraction of sp³-hybridized carbons (Fsp3) is 0.0870. The summed E-state index contributed by atoms with van der Waals surface area (Å²) < 4.78 is 1.83. The second-order valence-electron chi connectivity index (χ2n) is 6.23. The highest BCUT2D eigenvalue weighted by atomic mass is 15.3. The average molecular weight is 350 g/mol. The van der Waals surface area contributed by atoms with E-state index in [0.29, 0.717) is 13.0 Å². The summed E-state index contributed by atoms with van der Waals surface area (Å²) in [7, 11) is 0. The molecule has 2 aromatic heterocycles. The Labute approximate surface area is 158 Å². The topological polar surface area (TPSA) is 54.5 Å². The minimum atomic E-state index is 0.436. The van der Waals surface area contributed by atoms with Crippen molar-refractivity contribution in [1.82, 2.24) is 14.8 Å². The summed E-state index contributed by atoms with van der Waals surface area (Å²) in [6, 6.07) is 24.4. The van der Waals surface area contributed by atoms with Gasteiger partial charge >= 0.3 is 0 Å². The Balaban J connectivity index is 1.69. The number of pyridine rings is 1. The van der Waals surface area contributed by atoms with E-state index in [2.05, 4.69) is 23.3 Å². The fourth-order valence-electron chi connectivity index (χ4n) is 3.01. The highest BCUT2D eigenvalue weighted by Crippen LogP contribution is 2.24. The van der Waals surface area contributed by atoms with E-state index in [4.69, 9.17) is 10.2 Å². The minimum absolute atomic E-state index is 0.436. The lowest BCUT2D eigenvalue weighted by molar-refractivity contribution is 0.629. The molecule has 0 unspecified atom stereocenters. The first kappa shape index (κ1) is 16.7. The van der Waals surface area contributed by atoms with Gasteiger partial charge < -0.3 is 0 Å². The number of para-hydroxylation sites is 1. The number of aryl methyl sites for hydroxylation is 1. The molecule has 27 heavy (non-hydrogen) atoms. The van der Waals surface area contributed by atoms with Crippen LogP contribution in [0.1, 0.15) is 17.7 Å². The Morgan fingerprint density at radius 3 is 2.59 bits per heavy atom. The third-order valence-electron chi connectivity index (χ3n) is 4.34. The summed E-state index contributed by atoms with van der Waals surface area (Å²) in [5, 5.41) is 14.6. The number of hydrogen-bond donors (Lipinski definition) is 0. The van der Waals surface area contributed by atoms with Crippen molar-refractivity contribution in [2.75, 3.05) is 0 Å². The van der Waals surface area contributed by atoms with Gasteiger partial charge in [0.15, 0.2) is 0 Å². The zero-order valence-corrected chi connectivity index (χ0v) is 14.8. The van der Waals surface area contributed by atoms with Crippen molar-refractivity contribution >= 4 is 23.1 Å². The molecule has 0 aliphatic carbocycles. The van der Waals surface area contributed by atoms with Crippen LogP contribution in [0.2, 0.25) is 0 Å². The lowest BCUT2D eigenvalue weighted by atomic mass is 10.1. The Hall–Kier alpha value is -3.71. The predicted octanol–water partition coefficient (Wildman–Crippen LogP) is 5.18. The minimum Gasteiger partial charge on any atom is -0.270 e. The maximum Gasteiger partial charge on any atom is 0.0995 e. The molecule has 0 radical (unpaired) electrons. The molecular weight excluding hydrogens is 332 g/mol. The smallest absolute Gasteiger partial charge is 0.0995 e. The van der Waals surface area contributed by atoms with Crippen molar-refractivity contribution in [3.8, 4) is 17.3 Å². The molecule has 0 atom stereocenters. The summed E-state index contributed by atoms with van der Waals surface area (Å²) in [5.74, 6) is 0. The van der Waals surface area contributed by atoms with Crippen LogP contribution in [0, 0.1) is 11.3 Å². The van der Waals surface area contributed by atoms with Crippen LogP contribution in [-0.2, 0) is 6.54 Å². The van der Waals surface area contributed by atoms with E-state index in [1.54, 1.807) is 0 Å². The SMILES string of the molecule is N#CCCn1cc(/C=C/c2ccc3ccccc3n2)c(-c2ccccc2)n1. The molecule has 0 spiro atoms. The molecule has 2 heterocycles. The molecule has 130 valence electrons. The number of fused-ring (bicyclic) bond motifs is 1. The Morgan fingerprint density at radius 2 is 1.74 bits per heavy atom. The van der Waals surface area contributed by atoms with Gasteiger partial charge in [-0.15, -0.1) is 0 Å². The number of aromatic nitrogens is 3. The summed E-state index contributed by atoms with van der Waals surface area (Å²) in [5.41, 5.74) is 4.85. The van der Waals surface area contributed by atoms with Crippen LogP contribution >= 0.6 is 0 Å². The van der Waals surface area contributed by atoms with E-state index in [0.717, 1.165) is 33.4 Å². The molecular formula is C23H18N4. The van der Waals surface area contributed by atoms with Crippen molar-refractivity contribution in [1.29, 1.82) is 5.26 Å². The molecule has 4 rings (SSSR count). The summed E-state index contributed by atoms with van der Waals surface area (Å²) >= 11 is 0. The lowest BCUT2D eigenvalue weighted by Gasteiger charge is -2.00. The first-order chi connectivity index (χ1) is 13.3. The van der Waals surface area contributed by atoms with Gasteiger partial charge in [-0.3, -0.25) is 4.68 Å². The largest absolute Gasteiger partial charge is 0.270 e. The first-order valence-electron chi connectivity index (χ1n) is 8.87. The Morgan fingerprint density at radius 1 is 0.926 bits per heavy atom. The third-order valence-corrected chi connectivity index (χ3v) is 4.34. The normalized spacial score (nSPS) is 11.1. The highest BCUT2D eigenvalue weighted by molar-refractivity contribution is 5.82. The van der Waals surface area contributed by atoms with Gasteiger partial charge in [0.1, 0.15) is 0 Å². The van der Waals surface area contributed by atoms with Crippen LogP contribution in [0.3, 0.4) is 0 Å². The average Bonchev–Trinajstić information content (AvgIpc) is 3.14. The van der Waals surface area contributed by atoms with Crippen molar-refractivity contribution < 1.29 is 0 Å². The van der Waals surface area contributed by atoms with Crippen molar-refractivity contribution in [2.45, 2.75) is 13.0 Å². The van der Waals surface area contributed by atoms with Crippen LogP contribution in [-0.4, -0.2) is 14.8 Å². The molecule has 0 N–H and O–H groups in total. The standard InChI is InChI=1S/C23H18N4/c24-15-6-16-27-17-20(23(26-27)19-8-2-1-3-9-19)12-14-21-13-11-18-7-4-5-10-22(18)25-21/h1-5,7-14,17H,6,16H2/b14-12+. The Kier molecular flexibility index (Phi) is 4.76. The maximum absolute atomic E-state index is 8.85. The monoisotopic (exact) mass is 350 g/mol. The van der Waals surface area contributed by atoms with Crippen molar-refractivity contribution in [3.63, 3.8) is 0 Å². The molecule has 0 saturated carbocycles. The van der Waals surface area contributed by atoms with E-state index in [1.807, 2.05) is 77.6 Å². The van der Waals surface area contributed by atoms with Gasteiger partial charge in [-0.05, 0) is 24.3 Å². The van der Waals surface area contributed by atoms with Crippen LogP contribution in [0.5, 0.6) is 0 Å². The van der Waals surface area contributed by atoms with Crippen LogP contribution in [0.25, 0.3) is 34.3 Å². The Bertz CT molecular complexity index is 1130. The quantitative estimate of drug-likeness (QED) is 0.498. The molecule has 0 aliphatic rings. The zero-order chi connectivity index (χ0) is 18.5. The number of rotatable bonds is 5. The molecule has 4 nitrogen and oxygen atoms in total. The number of benzene rings is 2. The number of hydrogen-bond acceptors (Lipinski definition) is 3.